The van der Waals surface area contributed by atoms with Gasteiger partial charge in [-0.2, -0.15) is 0 Å². The number of likely N-dealkylation sites (N-methyl/N-ethyl adjacent to an activating group) is 1. The third-order valence-electron chi connectivity index (χ3n) is 4.06. The van der Waals surface area contributed by atoms with Crippen molar-refractivity contribution in [1.82, 2.24) is 5.32 Å². The van der Waals surface area contributed by atoms with E-state index in [-0.39, 0.29) is 5.41 Å². The number of rotatable bonds is 12. The SMILES string of the molecule is CCCCCCCCCC(NCC)C(OC)C(C)(C)C. The first kappa shape index (κ1) is 19.9. The van der Waals surface area contributed by atoms with Gasteiger partial charge >= 0.3 is 0 Å². The van der Waals surface area contributed by atoms with E-state index in [2.05, 4.69) is 39.9 Å². The zero-order valence-corrected chi connectivity index (χ0v) is 14.9. The van der Waals surface area contributed by atoms with E-state index >= 15 is 0 Å². The Morgan fingerprint density at radius 1 is 0.900 bits per heavy atom. The molecule has 0 spiro atoms. The summed E-state index contributed by atoms with van der Waals surface area (Å²) >= 11 is 0. The second-order valence-electron chi connectivity index (χ2n) is 7.10. The van der Waals surface area contributed by atoms with Crippen molar-refractivity contribution in [1.29, 1.82) is 0 Å². The van der Waals surface area contributed by atoms with E-state index in [0.29, 0.717) is 12.1 Å². The summed E-state index contributed by atoms with van der Waals surface area (Å²) in [5, 5.41) is 3.63. The molecule has 0 bridgehead atoms. The van der Waals surface area contributed by atoms with Crippen LogP contribution in [0.2, 0.25) is 0 Å². The number of methoxy groups -OCH3 is 1. The molecule has 0 aromatic heterocycles. The number of nitrogens with one attached hydrogen (secondary N) is 1. The smallest absolute Gasteiger partial charge is 0.0772 e. The zero-order valence-electron chi connectivity index (χ0n) is 14.9. The monoisotopic (exact) mass is 285 g/mol. The summed E-state index contributed by atoms with van der Waals surface area (Å²) in [5.74, 6) is 0. The third kappa shape index (κ3) is 8.97. The molecule has 0 aliphatic heterocycles. The summed E-state index contributed by atoms with van der Waals surface area (Å²) in [4.78, 5) is 0. The standard InChI is InChI=1S/C18H39NO/c1-7-9-10-11-12-13-14-15-16(19-8-2)17(20-6)18(3,4)5/h16-17,19H,7-15H2,1-6H3. The highest BCUT2D eigenvalue weighted by Crippen LogP contribution is 2.27. The van der Waals surface area contributed by atoms with Crippen LogP contribution in [0.4, 0.5) is 0 Å². The van der Waals surface area contributed by atoms with Gasteiger partial charge in [-0.25, -0.2) is 0 Å². The van der Waals surface area contributed by atoms with Crippen LogP contribution < -0.4 is 5.32 Å². The Bertz CT molecular complexity index is 210. The maximum absolute atomic E-state index is 5.78. The summed E-state index contributed by atoms with van der Waals surface area (Å²) in [7, 11) is 1.85. The molecule has 1 N–H and O–H groups in total. The lowest BCUT2D eigenvalue weighted by molar-refractivity contribution is -0.0133. The molecule has 122 valence electrons. The largest absolute Gasteiger partial charge is 0.379 e. The highest BCUT2D eigenvalue weighted by Gasteiger charge is 2.31. The lowest BCUT2D eigenvalue weighted by atomic mass is 9.82. The molecular formula is C18H39NO. The highest BCUT2D eigenvalue weighted by molar-refractivity contribution is 4.85. The molecule has 2 heteroatoms. The van der Waals surface area contributed by atoms with Crippen molar-refractivity contribution in [2.24, 2.45) is 5.41 Å². The van der Waals surface area contributed by atoms with Crippen LogP contribution in [-0.4, -0.2) is 25.8 Å². The average Bonchev–Trinajstić information content (AvgIpc) is 2.36. The second kappa shape index (κ2) is 11.6. The molecular weight excluding hydrogens is 246 g/mol. The Morgan fingerprint density at radius 3 is 1.90 bits per heavy atom. The van der Waals surface area contributed by atoms with Gasteiger partial charge in [-0.1, -0.05) is 79.6 Å². The Morgan fingerprint density at radius 2 is 1.45 bits per heavy atom. The van der Waals surface area contributed by atoms with Gasteiger partial charge in [0.15, 0.2) is 0 Å². The van der Waals surface area contributed by atoms with Gasteiger partial charge in [0.2, 0.25) is 0 Å². The van der Waals surface area contributed by atoms with E-state index in [4.69, 9.17) is 4.74 Å². The van der Waals surface area contributed by atoms with Gasteiger partial charge in [0, 0.05) is 13.2 Å². The summed E-state index contributed by atoms with van der Waals surface area (Å²) in [6.07, 6.45) is 11.2. The molecule has 0 heterocycles. The van der Waals surface area contributed by atoms with Crippen molar-refractivity contribution in [2.45, 2.75) is 98.1 Å². The summed E-state index contributed by atoms with van der Waals surface area (Å²) < 4.78 is 5.78. The predicted octanol–water partition coefficient (Wildman–Crippen LogP) is 5.17. The van der Waals surface area contributed by atoms with Crippen LogP contribution in [0, 0.1) is 5.41 Å². The Hall–Kier alpha value is -0.0800. The van der Waals surface area contributed by atoms with E-state index < -0.39 is 0 Å². The fourth-order valence-corrected chi connectivity index (χ4v) is 3.07. The molecule has 0 aliphatic rings. The van der Waals surface area contributed by atoms with E-state index in [1.807, 2.05) is 7.11 Å². The van der Waals surface area contributed by atoms with Crippen molar-refractivity contribution in [3.63, 3.8) is 0 Å². The van der Waals surface area contributed by atoms with Crippen molar-refractivity contribution in [3.05, 3.63) is 0 Å². The van der Waals surface area contributed by atoms with Crippen LogP contribution in [0.5, 0.6) is 0 Å². The topological polar surface area (TPSA) is 21.3 Å². The summed E-state index contributed by atoms with van der Waals surface area (Å²) in [6.45, 7) is 12.3. The van der Waals surface area contributed by atoms with Gasteiger partial charge in [-0.3, -0.25) is 0 Å². The minimum atomic E-state index is 0.197. The first-order valence-corrected chi connectivity index (χ1v) is 8.73. The molecule has 2 atom stereocenters. The molecule has 0 aromatic rings. The molecule has 2 nitrogen and oxygen atoms in total. The van der Waals surface area contributed by atoms with Gasteiger partial charge in [0.25, 0.3) is 0 Å². The van der Waals surface area contributed by atoms with E-state index in [1.54, 1.807) is 0 Å². The quantitative estimate of drug-likeness (QED) is 0.500. The van der Waals surface area contributed by atoms with Crippen molar-refractivity contribution >= 4 is 0 Å². The summed E-state index contributed by atoms with van der Waals surface area (Å²) in [5.41, 5.74) is 0.197. The van der Waals surface area contributed by atoms with E-state index in [1.165, 1.54) is 51.4 Å². The first-order valence-electron chi connectivity index (χ1n) is 8.73. The first-order chi connectivity index (χ1) is 9.47. The normalized spacial score (nSPS) is 15.3. The fraction of sp³-hybridized carbons (Fsp3) is 1.00. The molecule has 0 saturated carbocycles. The second-order valence-corrected chi connectivity index (χ2v) is 7.10. The van der Waals surface area contributed by atoms with Gasteiger partial charge in [-0.05, 0) is 18.4 Å². The van der Waals surface area contributed by atoms with Crippen LogP contribution in [-0.2, 0) is 4.74 Å². The third-order valence-corrected chi connectivity index (χ3v) is 4.06. The van der Waals surface area contributed by atoms with Crippen LogP contribution >= 0.6 is 0 Å². The van der Waals surface area contributed by atoms with Crippen LogP contribution in [0.3, 0.4) is 0 Å². The molecule has 0 fully saturated rings. The van der Waals surface area contributed by atoms with Gasteiger partial charge in [0.1, 0.15) is 0 Å². The van der Waals surface area contributed by atoms with Crippen molar-refractivity contribution < 1.29 is 4.74 Å². The molecule has 0 aromatic carbocycles. The molecule has 0 radical (unpaired) electrons. The van der Waals surface area contributed by atoms with E-state index in [9.17, 15) is 0 Å². The number of ether oxygens (including phenoxy) is 1. The predicted molar refractivity (Wildman–Crippen MR) is 90.3 cm³/mol. The van der Waals surface area contributed by atoms with Crippen LogP contribution in [0.1, 0.15) is 86.0 Å². The minimum Gasteiger partial charge on any atom is -0.379 e. The molecule has 2 unspecified atom stereocenters. The maximum atomic E-state index is 5.78. The fourth-order valence-electron chi connectivity index (χ4n) is 3.07. The van der Waals surface area contributed by atoms with Gasteiger partial charge in [-0.15, -0.1) is 0 Å². The zero-order chi connectivity index (χ0) is 15.4. The molecule has 0 amide bonds. The van der Waals surface area contributed by atoms with Crippen molar-refractivity contribution in [3.8, 4) is 0 Å². The number of unbranched alkanes of at least 4 members (excludes halogenated alkanes) is 6. The number of hydrogen-bond acceptors (Lipinski definition) is 2. The summed E-state index contributed by atoms with van der Waals surface area (Å²) in [6, 6.07) is 0.487. The Balaban J connectivity index is 4.01. The Kier molecular flexibility index (Phi) is 11.5. The minimum absolute atomic E-state index is 0.197. The molecule has 0 aliphatic carbocycles. The van der Waals surface area contributed by atoms with Crippen LogP contribution in [0.25, 0.3) is 0 Å². The average molecular weight is 286 g/mol. The highest BCUT2D eigenvalue weighted by atomic mass is 16.5. The molecule has 20 heavy (non-hydrogen) atoms. The van der Waals surface area contributed by atoms with Crippen molar-refractivity contribution in [2.75, 3.05) is 13.7 Å². The van der Waals surface area contributed by atoms with Gasteiger partial charge in [0.05, 0.1) is 6.10 Å². The molecule has 0 rings (SSSR count). The van der Waals surface area contributed by atoms with Gasteiger partial charge < -0.3 is 10.1 Å². The molecule has 0 saturated heterocycles. The maximum Gasteiger partial charge on any atom is 0.0772 e. The lowest BCUT2D eigenvalue weighted by Crippen LogP contribution is -2.47. The lowest BCUT2D eigenvalue weighted by Gasteiger charge is -2.36. The van der Waals surface area contributed by atoms with Crippen LogP contribution in [0.15, 0.2) is 0 Å². The van der Waals surface area contributed by atoms with E-state index in [0.717, 1.165) is 6.54 Å². The Labute approximate surface area is 128 Å². The number of hydrogen-bond donors (Lipinski definition) is 1.